The average Bonchev–Trinajstić information content (AvgIpc) is 3.03. The SMILES string of the molecule is C[Si](C)=[Zr+2].c1cc[cH-]c1.c1ccc2[cH-]ccc2c1. The van der Waals surface area contributed by atoms with Gasteiger partial charge in [0.1, 0.15) is 0 Å². The van der Waals surface area contributed by atoms with Gasteiger partial charge in [0.25, 0.3) is 0 Å². The summed E-state index contributed by atoms with van der Waals surface area (Å²) in [6, 6.07) is 24.7. The summed E-state index contributed by atoms with van der Waals surface area (Å²) < 4.78 is 0. The van der Waals surface area contributed by atoms with Crippen molar-refractivity contribution in [2.75, 3.05) is 0 Å². The Morgan fingerprint density at radius 1 is 0.889 bits per heavy atom. The van der Waals surface area contributed by atoms with Crippen molar-refractivity contribution in [1.29, 1.82) is 0 Å². The molecule has 3 rings (SSSR count). The Labute approximate surface area is 125 Å². The van der Waals surface area contributed by atoms with E-state index in [4.69, 9.17) is 0 Å². The Kier molecular flexibility index (Phi) is 7.88. The van der Waals surface area contributed by atoms with Gasteiger partial charge in [-0.05, 0) is 0 Å². The molecule has 0 heterocycles. The van der Waals surface area contributed by atoms with Crippen molar-refractivity contribution in [3.63, 3.8) is 0 Å². The van der Waals surface area contributed by atoms with Gasteiger partial charge in [0.05, 0.1) is 0 Å². The van der Waals surface area contributed by atoms with Crippen LogP contribution in [-0.2, 0) is 23.3 Å². The number of hydrogen-bond acceptors (Lipinski definition) is 0. The Hall–Kier alpha value is -0.720. The summed E-state index contributed by atoms with van der Waals surface area (Å²) >= 11 is 1.74. The molecular formula is C16H18SiZr. The summed E-state index contributed by atoms with van der Waals surface area (Å²) in [5.41, 5.74) is 0.210. The number of benzene rings is 1. The van der Waals surface area contributed by atoms with E-state index in [1.807, 2.05) is 30.3 Å². The second-order valence-corrected chi connectivity index (χ2v) is 13.5. The Morgan fingerprint density at radius 3 is 2.00 bits per heavy atom. The van der Waals surface area contributed by atoms with Crippen molar-refractivity contribution in [2.24, 2.45) is 0 Å². The standard InChI is InChI=1S/C9H7.C5H5.C2H6Si.Zr/c1-2-5-9-7-3-6-8(9)4-1;1-2-4-5-3-1;1-3-2;/h1-7H;1-5H;1-2H3;/q2*-1;;+2. The van der Waals surface area contributed by atoms with Gasteiger partial charge < -0.3 is 0 Å². The first-order valence-corrected chi connectivity index (χ1v) is 12.2. The molecule has 0 amide bonds. The van der Waals surface area contributed by atoms with E-state index in [0.717, 1.165) is 0 Å². The topological polar surface area (TPSA) is 0 Å². The van der Waals surface area contributed by atoms with Crippen LogP contribution in [-0.4, -0.2) is 5.43 Å². The molecule has 2 heteroatoms. The Bertz CT molecular complexity index is 498. The first-order valence-electron chi connectivity index (χ1n) is 5.99. The molecule has 0 saturated heterocycles. The van der Waals surface area contributed by atoms with Crippen LogP contribution in [0.15, 0.2) is 72.8 Å². The number of hydrogen-bond donors (Lipinski definition) is 0. The summed E-state index contributed by atoms with van der Waals surface area (Å²) in [4.78, 5) is 0. The summed E-state index contributed by atoms with van der Waals surface area (Å²) in [6.07, 6.45) is 0. The molecule has 0 aliphatic rings. The van der Waals surface area contributed by atoms with Gasteiger partial charge in [0.2, 0.25) is 0 Å². The summed E-state index contributed by atoms with van der Waals surface area (Å²) in [5.74, 6) is 0. The van der Waals surface area contributed by atoms with Gasteiger partial charge in [-0.1, -0.05) is 6.07 Å². The van der Waals surface area contributed by atoms with E-state index in [2.05, 4.69) is 55.6 Å². The van der Waals surface area contributed by atoms with Gasteiger partial charge >= 0.3 is 41.9 Å². The third-order valence-electron chi connectivity index (χ3n) is 2.10. The molecule has 0 aliphatic carbocycles. The zero-order valence-electron chi connectivity index (χ0n) is 10.9. The molecule has 90 valence electrons. The molecule has 0 bridgehead atoms. The van der Waals surface area contributed by atoms with Crippen LogP contribution in [0.5, 0.6) is 0 Å². The quantitative estimate of drug-likeness (QED) is 0.412. The monoisotopic (exact) mass is 328 g/mol. The van der Waals surface area contributed by atoms with E-state index >= 15 is 0 Å². The van der Waals surface area contributed by atoms with Crippen molar-refractivity contribution in [3.05, 3.63) is 72.8 Å². The molecule has 0 N–H and O–H groups in total. The summed E-state index contributed by atoms with van der Waals surface area (Å²) in [6.45, 7) is 4.62. The third kappa shape index (κ3) is 6.88. The first-order chi connectivity index (χ1) is 8.70. The summed E-state index contributed by atoms with van der Waals surface area (Å²) in [7, 11) is 0. The maximum atomic E-state index is 2.31. The molecule has 3 aromatic rings. The molecule has 0 nitrogen and oxygen atoms in total. The van der Waals surface area contributed by atoms with Crippen molar-refractivity contribution in [1.82, 2.24) is 0 Å². The minimum atomic E-state index is 0.210. The molecule has 0 unspecified atom stereocenters. The van der Waals surface area contributed by atoms with E-state index in [1.54, 1.807) is 23.3 Å². The molecular weight excluding hydrogens is 311 g/mol. The van der Waals surface area contributed by atoms with Gasteiger partial charge in [0.15, 0.2) is 0 Å². The van der Waals surface area contributed by atoms with E-state index in [-0.39, 0.29) is 5.43 Å². The van der Waals surface area contributed by atoms with E-state index in [1.165, 1.54) is 10.8 Å². The van der Waals surface area contributed by atoms with Crippen LogP contribution in [0.4, 0.5) is 0 Å². The van der Waals surface area contributed by atoms with E-state index in [9.17, 15) is 0 Å². The fourth-order valence-electron chi connectivity index (χ4n) is 1.39. The van der Waals surface area contributed by atoms with Gasteiger partial charge in [0, 0.05) is 0 Å². The van der Waals surface area contributed by atoms with Crippen LogP contribution in [0.25, 0.3) is 10.8 Å². The van der Waals surface area contributed by atoms with Gasteiger partial charge in [-0.15, -0.1) is 29.7 Å². The number of fused-ring (bicyclic) bond motifs is 1. The van der Waals surface area contributed by atoms with Crippen molar-refractivity contribution >= 4 is 16.2 Å². The second kappa shape index (κ2) is 9.24. The molecule has 0 aliphatic heterocycles. The van der Waals surface area contributed by atoms with Crippen LogP contribution in [0.1, 0.15) is 0 Å². The van der Waals surface area contributed by atoms with Gasteiger partial charge in [-0.25, -0.2) is 12.1 Å². The van der Waals surface area contributed by atoms with Crippen molar-refractivity contribution in [2.45, 2.75) is 13.1 Å². The number of rotatable bonds is 0. The molecule has 0 aromatic heterocycles. The van der Waals surface area contributed by atoms with Crippen molar-refractivity contribution in [3.8, 4) is 0 Å². The average molecular weight is 330 g/mol. The predicted octanol–water partition coefficient (Wildman–Crippen LogP) is 4.75. The van der Waals surface area contributed by atoms with Crippen LogP contribution < -0.4 is 0 Å². The van der Waals surface area contributed by atoms with Gasteiger partial charge in [-0.3, -0.25) is 0 Å². The fourth-order valence-corrected chi connectivity index (χ4v) is 1.39. The molecule has 3 aromatic carbocycles. The van der Waals surface area contributed by atoms with Crippen molar-refractivity contribution < 1.29 is 23.3 Å². The zero-order valence-corrected chi connectivity index (χ0v) is 14.4. The fraction of sp³-hybridized carbons (Fsp3) is 0.125. The summed E-state index contributed by atoms with van der Waals surface area (Å²) in [5, 5.41) is 2.66. The van der Waals surface area contributed by atoms with Crippen LogP contribution in [0, 0.1) is 0 Å². The maximum absolute atomic E-state index is 2.31. The smallest absolute Gasteiger partial charge is 0.0809 e. The Morgan fingerprint density at radius 2 is 1.50 bits per heavy atom. The minimum absolute atomic E-state index is 0.210. The Balaban J connectivity index is 0.000000154. The predicted molar refractivity (Wildman–Crippen MR) is 79.1 cm³/mol. The maximum Gasteiger partial charge on any atom is -0.0809 e. The van der Waals surface area contributed by atoms with E-state index < -0.39 is 0 Å². The third-order valence-corrected chi connectivity index (χ3v) is 2.10. The zero-order chi connectivity index (χ0) is 13.2. The molecule has 0 spiro atoms. The van der Waals surface area contributed by atoms with Crippen LogP contribution in [0.3, 0.4) is 0 Å². The van der Waals surface area contributed by atoms with Crippen LogP contribution >= 0.6 is 0 Å². The largest absolute Gasteiger partial charge is 0.214 e. The first kappa shape index (κ1) is 15.3. The minimum Gasteiger partial charge on any atom is -0.214 e. The molecule has 0 atom stereocenters. The molecule has 0 fully saturated rings. The molecule has 0 radical (unpaired) electrons. The second-order valence-electron chi connectivity index (χ2n) is 4.12. The van der Waals surface area contributed by atoms with Gasteiger partial charge in [-0.2, -0.15) is 35.7 Å². The normalized spacial score (nSPS) is 8.89. The molecule has 0 saturated carbocycles. The van der Waals surface area contributed by atoms with E-state index in [0.29, 0.717) is 0 Å². The van der Waals surface area contributed by atoms with Crippen LogP contribution in [0.2, 0.25) is 13.1 Å². The molecule has 18 heavy (non-hydrogen) atoms.